The van der Waals surface area contributed by atoms with E-state index in [4.69, 9.17) is 9.47 Å². The fraction of sp³-hybridized carbons (Fsp3) is 0.593. The third kappa shape index (κ3) is 5.88. The summed E-state index contributed by atoms with van der Waals surface area (Å²) in [6, 6.07) is 2.00. The van der Waals surface area contributed by atoms with Crippen LogP contribution in [-0.2, 0) is 9.59 Å². The highest BCUT2D eigenvalue weighted by atomic mass is 19.1. The molecule has 3 aliphatic rings. The Morgan fingerprint density at radius 3 is 2.51 bits per heavy atom. The SMILES string of the molecule is C=C(F)CCNC(=O)[C@H]1CC2C[C@H]2[C@H]1NC(=O)c1cc(OC2CCC(C)(C(=O)O)CC2)c(F)cc1OC. The monoisotopic (exact) mass is 520 g/mol. The van der Waals surface area contributed by atoms with E-state index in [-0.39, 0.29) is 48.0 Å². The van der Waals surface area contributed by atoms with Crippen LogP contribution in [0.3, 0.4) is 0 Å². The van der Waals surface area contributed by atoms with Crippen molar-refractivity contribution in [2.75, 3.05) is 13.7 Å². The molecule has 0 bridgehead atoms. The number of amides is 2. The Morgan fingerprint density at radius 2 is 1.89 bits per heavy atom. The van der Waals surface area contributed by atoms with Gasteiger partial charge in [0.15, 0.2) is 11.6 Å². The highest BCUT2D eigenvalue weighted by molar-refractivity contribution is 5.98. The predicted molar refractivity (Wildman–Crippen MR) is 130 cm³/mol. The molecule has 1 aromatic carbocycles. The highest BCUT2D eigenvalue weighted by Crippen LogP contribution is 2.54. The van der Waals surface area contributed by atoms with Gasteiger partial charge in [0.25, 0.3) is 5.91 Å². The minimum Gasteiger partial charge on any atom is -0.496 e. The van der Waals surface area contributed by atoms with Crippen LogP contribution >= 0.6 is 0 Å². The summed E-state index contributed by atoms with van der Waals surface area (Å²) in [7, 11) is 1.33. The number of halogens is 2. The van der Waals surface area contributed by atoms with Crippen molar-refractivity contribution >= 4 is 17.8 Å². The first kappa shape index (κ1) is 26.9. The maximum Gasteiger partial charge on any atom is 0.309 e. The van der Waals surface area contributed by atoms with Gasteiger partial charge in [-0.2, -0.15) is 0 Å². The molecular formula is C27H34F2N2O6. The van der Waals surface area contributed by atoms with Gasteiger partial charge >= 0.3 is 5.97 Å². The molecule has 0 saturated heterocycles. The first-order valence-electron chi connectivity index (χ1n) is 12.7. The predicted octanol–water partition coefficient (Wildman–Crippen LogP) is 3.99. The molecule has 10 heteroatoms. The normalized spacial score (nSPS) is 30.1. The zero-order valence-corrected chi connectivity index (χ0v) is 21.1. The van der Waals surface area contributed by atoms with Crippen molar-refractivity contribution in [2.24, 2.45) is 23.2 Å². The smallest absolute Gasteiger partial charge is 0.309 e. The first-order chi connectivity index (χ1) is 17.5. The number of aliphatic carboxylic acids is 1. The van der Waals surface area contributed by atoms with E-state index in [1.807, 2.05) is 0 Å². The van der Waals surface area contributed by atoms with Crippen molar-refractivity contribution in [3.8, 4) is 11.5 Å². The molecule has 0 heterocycles. The number of methoxy groups -OCH3 is 1. The second kappa shape index (κ2) is 10.7. The van der Waals surface area contributed by atoms with E-state index in [1.165, 1.54) is 13.2 Å². The molecule has 0 spiro atoms. The van der Waals surface area contributed by atoms with Gasteiger partial charge in [-0.05, 0) is 63.4 Å². The van der Waals surface area contributed by atoms with Crippen LogP contribution in [0.5, 0.6) is 11.5 Å². The van der Waals surface area contributed by atoms with Gasteiger partial charge in [-0.25, -0.2) is 8.78 Å². The van der Waals surface area contributed by atoms with E-state index in [0.29, 0.717) is 38.0 Å². The number of carbonyl (C=O) groups excluding carboxylic acids is 2. The van der Waals surface area contributed by atoms with Crippen molar-refractivity contribution in [3.63, 3.8) is 0 Å². The lowest BCUT2D eigenvalue weighted by Crippen LogP contribution is -2.46. The minimum absolute atomic E-state index is 0.0362. The van der Waals surface area contributed by atoms with Gasteiger partial charge in [0.1, 0.15) is 5.75 Å². The third-order valence-corrected chi connectivity index (χ3v) is 8.10. The highest BCUT2D eigenvalue weighted by Gasteiger charge is 2.56. The summed E-state index contributed by atoms with van der Waals surface area (Å²) in [5.41, 5.74) is -0.740. The number of carbonyl (C=O) groups is 3. The van der Waals surface area contributed by atoms with Crippen molar-refractivity contribution in [1.82, 2.24) is 10.6 Å². The van der Waals surface area contributed by atoms with Gasteiger partial charge in [-0.3, -0.25) is 14.4 Å². The molecule has 4 rings (SSSR count). The van der Waals surface area contributed by atoms with E-state index < -0.39 is 40.9 Å². The summed E-state index contributed by atoms with van der Waals surface area (Å²) >= 11 is 0. The fourth-order valence-corrected chi connectivity index (χ4v) is 5.62. The van der Waals surface area contributed by atoms with Crippen LogP contribution in [0.25, 0.3) is 0 Å². The summed E-state index contributed by atoms with van der Waals surface area (Å²) in [4.78, 5) is 37.5. The lowest BCUT2D eigenvalue weighted by atomic mass is 9.75. The molecule has 1 aromatic rings. The Labute approximate surface area is 214 Å². The number of carboxylic acid groups (broad SMARTS) is 1. The Bertz CT molecular complexity index is 1080. The van der Waals surface area contributed by atoms with Gasteiger partial charge < -0.3 is 25.2 Å². The van der Waals surface area contributed by atoms with Gasteiger partial charge in [-0.15, -0.1) is 0 Å². The largest absolute Gasteiger partial charge is 0.496 e. The van der Waals surface area contributed by atoms with E-state index in [1.54, 1.807) is 6.92 Å². The molecule has 4 atom stereocenters. The summed E-state index contributed by atoms with van der Waals surface area (Å²) in [5.74, 6) is -2.75. The topological polar surface area (TPSA) is 114 Å². The molecule has 2 amide bonds. The van der Waals surface area contributed by atoms with Crippen LogP contribution in [0.4, 0.5) is 8.78 Å². The van der Waals surface area contributed by atoms with Gasteiger partial charge in [-0.1, -0.05) is 6.58 Å². The van der Waals surface area contributed by atoms with Crippen LogP contribution in [0.15, 0.2) is 24.5 Å². The number of rotatable bonds is 10. The molecule has 3 aliphatic carbocycles. The third-order valence-electron chi connectivity index (χ3n) is 8.10. The fourth-order valence-electron chi connectivity index (χ4n) is 5.62. The Hall–Kier alpha value is -3.17. The van der Waals surface area contributed by atoms with Crippen molar-refractivity contribution in [2.45, 2.75) is 64.0 Å². The molecule has 0 radical (unpaired) electrons. The number of benzene rings is 1. The summed E-state index contributed by atoms with van der Waals surface area (Å²) < 4.78 is 38.8. The lowest BCUT2D eigenvalue weighted by molar-refractivity contribution is -0.150. The van der Waals surface area contributed by atoms with Crippen molar-refractivity contribution in [3.05, 3.63) is 35.9 Å². The number of carboxylic acids is 1. The molecule has 3 saturated carbocycles. The average molecular weight is 521 g/mol. The van der Waals surface area contributed by atoms with Crippen LogP contribution in [0, 0.1) is 29.0 Å². The summed E-state index contributed by atoms with van der Waals surface area (Å²) in [6.07, 6.45) is 2.94. The summed E-state index contributed by atoms with van der Waals surface area (Å²) in [5, 5.41) is 15.1. The van der Waals surface area contributed by atoms with Crippen molar-refractivity contribution in [1.29, 1.82) is 0 Å². The molecule has 0 aromatic heterocycles. The summed E-state index contributed by atoms with van der Waals surface area (Å²) in [6.45, 7) is 5.02. The first-order valence-corrected chi connectivity index (χ1v) is 12.7. The second-order valence-electron chi connectivity index (χ2n) is 10.7. The number of hydrogen-bond acceptors (Lipinski definition) is 5. The van der Waals surface area contributed by atoms with E-state index in [2.05, 4.69) is 17.2 Å². The Kier molecular flexibility index (Phi) is 7.75. The quantitative estimate of drug-likeness (QED) is 0.430. The number of nitrogens with one attached hydrogen (secondary N) is 2. The molecule has 8 nitrogen and oxygen atoms in total. The minimum atomic E-state index is -0.856. The van der Waals surface area contributed by atoms with Crippen LogP contribution in [0.2, 0.25) is 0 Å². The molecule has 0 aliphatic heterocycles. The van der Waals surface area contributed by atoms with Crippen LogP contribution in [-0.4, -0.2) is 48.7 Å². The molecule has 3 fully saturated rings. The number of ether oxygens (including phenoxy) is 2. The molecular weight excluding hydrogens is 486 g/mol. The molecule has 37 heavy (non-hydrogen) atoms. The zero-order chi connectivity index (χ0) is 26.9. The van der Waals surface area contributed by atoms with E-state index >= 15 is 0 Å². The maximum absolute atomic E-state index is 14.8. The molecule has 1 unspecified atom stereocenters. The van der Waals surface area contributed by atoms with Crippen LogP contribution in [0.1, 0.15) is 62.2 Å². The lowest BCUT2D eigenvalue weighted by Gasteiger charge is -2.34. The van der Waals surface area contributed by atoms with E-state index in [0.717, 1.165) is 12.5 Å². The van der Waals surface area contributed by atoms with E-state index in [9.17, 15) is 28.3 Å². The average Bonchev–Trinajstić information content (AvgIpc) is 3.54. The van der Waals surface area contributed by atoms with Gasteiger partial charge in [0.2, 0.25) is 5.91 Å². The maximum atomic E-state index is 14.8. The second-order valence-corrected chi connectivity index (χ2v) is 10.7. The standard InChI is InChI=1S/C27H34F2N2O6/c1-14(28)6-9-30-24(32)19-11-15-10-17(15)23(19)31-25(33)18-12-22(20(29)13-21(18)36-3)37-16-4-7-27(2,8-5-16)26(34)35/h12-13,15-17,19,23H,1,4-11H2,2-3H3,(H,30,32)(H,31,33)(H,34,35)/t15?,16?,17-,19+,23-,27?/m1/s1. The Morgan fingerprint density at radius 1 is 1.19 bits per heavy atom. The van der Waals surface area contributed by atoms with Gasteiger partial charge in [0, 0.05) is 25.1 Å². The van der Waals surface area contributed by atoms with Crippen LogP contribution < -0.4 is 20.1 Å². The molecule has 202 valence electrons. The number of hydrogen-bond donors (Lipinski definition) is 3. The Balaban J connectivity index is 1.45. The van der Waals surface area contributed by atoms with Crippen molar-refractivity contribution < 1.29 is 37.7 Å². The zero-order valence-electron chi connectivity index (χ0n) is 21.1. The van der Waals surface area contributed by atoms with Gasteiger partial charge in [0.05, 0.1) is 35.9 Å². The number of fused-ring (bicyclic) bond motifs is 1. The molecule has 3 N–H and O–H groups in total.